The second-order valence-corrected chi connectivity index (χ2v) is 5.49. The average molecular weight is 334 g/mol. The molecule has 0 fully saturated rings. The minimum atomic E-state index is -0.856. The summed E-state index contributed by atoms with van der Waals surface area (Å²) in [5.74, 6) is -0.0514. The van der Waals surface area contributed by atoms with Crippen LogP contribution in [-0.2, 0) is 4.74 Å². The van der Waals surface area contributed by atoms with E-state index in [0.29, 0.717) is 16.8 Å². The van der Waals surface area contributed by atoms with Crippen molar-refractivity contribution < 1.29 is 18.7 Å². The second kappa shape index (κ2) is 7.33. The molecule has 1 rings (SSSR count). The number of halogens is 2. The summed E-state index contributed by atoms with van der Waals surface area (Å²) >= 11 is 3.16. The van der Waals surface area contributed by atoms with E-state index in [2.05, 4.69) is 15.9 Å². The Morgan fingerprint density at radius 3 is 2.68 bits per heavy atom. The van der Waals surface area contributed by atoms with E-state index >= 15 is 0 Å². The SMILES string of the molecule is CC(C)CC(COc1ccc(Br)cc1F)OC(N)=O. The third-order valence-electron chi connectivity index (χ3n) is 2.34. The quantitative estimate of drug-likeness (QED) is 0.866. The molecule has 106 valence electrons. The first kappa shape index (κ1) is 15.8. The molecule has 6 heteroatoms. The van der Waals surface area contributed by atoms with Crippen LogP contribution >= 0.6 is 15.9 Å². The van der Waals surface area contributed by atoms with Crippen molar-refractivity contribution in [2.75, 3.05) is 6.61 Å². The maximum Gasteiger partial charge on any atom is 0.404 e. The van der Waals surface area contributed by atoms with E-state index in [1.54, 1.807) is 6.07 Å². The molecule has 0 spiro atoms. The molecule has 0 aliphatic heterocycles. The molecule has 0 radical (unpaired) electrons. The van der Waals surface area contributed by atoms with Gasteiger partial charge in [0.2, 0.25) is 0 Å². The van der Waals surface area contributed by atoms with Gasteiger partial charge in [-0.3, -0.25) is 0 Å². The van der Waals surface area contributed by atoms with Crippen molar-refractivity contribution in [3.05, 3.63) is 28.5 Å². The van der Waals surface area contributed by atoms with Gasteiger partial charge in [-0.15, -0.1) is 0 Å². The molecule has 0 heterocycles. The average Bonchev–Trinajstić information content (AvgIpc) is 2.25. The summed E-state index contributed by atoms with van der Waals surface area (Å²) in [7, 11) is 0. The monoisotopic (exact) mass is 333 g/mol. The van der Waals surface area contributed by atoms with E-state index in [1.807, 2.05) is 13.8 Å². The van der Waals surface area contributed by atoms with Crippen LogP contribution in [0.5, 0.6) is 5.75 Å². The number of hydrogen-bond donors (Lipinski definition) is 1. The van der Waals surface area contributed by atoms with E-state index in [9.17, 15) is 9.18 Å². The Balaban J connectivity index is 2.61. The van der Waals surface area contributed by atoms with Gasteiger partial charge in [-0.1, -0.05) is 29.8 Å². The van der Waals surface area contributed by atoms with Crippen LogP contribution < -0.4 is 10.5 Å². The van der Waals surface area contributed by atoms with E-state index < -0.39 is 18.0 Å². The summed E-state index contributed by atoms with van der Waals surface area (Å²) in [6.45, 7) is 4.04. The van der Waals surface area contributed by atoms with E-state index in [0.717, 1.165) is 0 Å². The van der Waals surface area contributed by atoms with Crippen molar-refractivity contribution in [2.24, 2.45) is 11.7 Å². The number of primary amides is 1. The summed E-state index contributed by atoms with van der Waals surface area (Å²) in [4.78, 5) is 10.8. The highest BCUT2D eigenvalue weighted by atomic mass is 79.9. The van der Waals surface area contributed by atoms with E-state index in [4.69, 9.17) is 15.2 Å². The first-order valence-electron chi connectivity index (χ1n) is 5.92. The zero-order valence-corrected chi connectivity index (χ0v) is 12.4. The van der Waals surface area contributed by atoms with E-state index in [-0.39, 0.29) is 12.4 Å². The molecular formula is C13H17BrFNO3. The van der Waals surface area contributed by atoms with Crippen molar-refractivity contribution in [3.63, 3.8) is 0 Å². The van der Waals surface area contributed by atoms with Crippen LogP contribution in [0.4, 0.5) is 9.18 Å². The number of ether oxygens (including phenoxy) is 2. The smallest absolute Gasteiger partial charge is 0.404 e. The van der Waals surface area contributed by atoms with Crippen LogP contribution in [0.15, 0.2) is 22.7 Å². The molecule has 0 saturated carbocycles. The lowest BCUT2D eigenvalue weighted by Crippen LogP contribution is -2.29. The Morgan fingerprint density at radius 2 is 2.16 bits per heavy atom. The van der Waals surface area contributed by atoms with Gasteiger partial charge in [-0.2, -0.15) is 0 Å². The minimum Gasteiger partial charge on any atom is -0.487 e. The molecule has 1 unspecified atom stereocenters. The number of amides is 1. The number of hydrogen-bond acceptors (Lipinski definition) is 3. The Bertz CT molecular complexity index is 440. The zero-order valence-electron chi connectivity index (χ0n) is 10.9. The first-order chi connectivity index (χ1) is 8.88. The van der Waals surface area contributed by atoms with Crippen molar-refractivity contribution >= 4 is 22.0 Å². The van der Waals surface area contributed by atoms with Crippen LogP contribution in [0.2, 0.25) is 0 Å². The topological polar surface area (TPSA) is 61.6 Å². The molecule has 4 nitrogen and oxygen atoms in total. The first-order valence-corrected chi connectivity index (χ1v) is 6.71. The molecule has 0 saturated heterocycles. The van der Waals surface area contributed by atoms with Gasteiger partial charge in [0.05, 0.1) is 0 Å². The number of carbonyl (C=O) groups excluding carboxylic acids is 1. The highest BCUT2D eigenvalue weighted by molar-refractivity contribution is 9.10. The second-order valence-electron chi connectivity index (χ2n) is 4.57. The van der Waals surface area contributed by atoms with Crippen LogP contribution in [-0.4, -0.2) is 18.8 Å². The van der Waals surface area contributed by atoms with Gasteiger partial charge >= 0.3 is 6.09 Å². The van der Waals surface area contributed by atoms with Gasteiger partial charge in [0.1, 0.15) is 12.7 Å². The molecule has 0 aliphatic carbocycles. The predicted molar refractivity (Wildman–Crippen MR) is 73.5 cm³/mol. The summed E-state index contributed by atoms with van der Waals surface area (Å²) < 4.78 is 24.4. The molecule has 0 bridgehead atoms. The van der Waals surface area contributed by atoms with Gasteiger partial charge in [0.25, 0.3) is 0 Å². The third kappa shape index (κ3) is 5.92. The van der Waals surface area contributed by atoms with Crippen LogP contribution in [0.3, 0.4) is 0 Å². The maximum atomic E-state index is 13.5. The van der Waals surface area contributed by atoms with Crippen molar-refractivity contribution in [2.45, 2.75) is 26.4 Å². The summed E-state index contributed by atoms with van der Waals surface area (Å²) in [5, 5.41) is 0. The lowest BCUT2D eigenvalue weighted by atomic mass is 10.1. The van der Waals surface area contributed by atoms with Crippen molar-refractivity contribution in [1.82, 2.24) is 0 Å². The van der Waals surface area contributed by atoms with Gasteiger partial charge in [-0.05, 0) is 30.5 Å². The fraction of sp³-hybridized carbons (Fsp3) is 0.462. The maximum absolute atomic E-state index is 13.5. The molecule has 2 N–H and O–H groups in total. The van der Waals surface area contributed by atoms with Crippen LogP contribution in [0.25, 0.3) is 0 Å². The highest BCUT2D eigenvalue weighted by Crippen LogP contribution is 2.22. The Kier molecular flexibility index (Phi) is 6.08. The molecule has 0 aliphatic rings. The molecular weight excluding hydrogens is 317 g/mol. The Hall–Kier alpha value is -1.30. The molecule has 1 amide bonds. The zero-order chi connectivity index (χ0) is 14.4. The van der Waals surface area contributed by atoms with Crippen LogP contribution in [0, 0.1) is 11.7 Å². The molecule has 1 atom stereocenters. The molecule has 19 heavy (non-hydrogen) atoms. The number of rotatable bonds is 6. The molecule has 0 aromatic heterocycles. The van der Waals surface area contributed by atoms with Gasteiger partial charge < -0.3 is 15.2 Å². The third-order valence-corrected chi connectivity index (χ3v) is 2.83. The predicted octanol–water partition coefficient (Wildman–Crippen LogP) is 3.48. The standard InChI is InChI=1S/C13H17BrFNO3/c1-8(2)5-10(19-13(16)17)7-18-12-4-3-9(14)6-11(12)15/h3-4,6,8,10H,5,7H2,1-2H3,(H2,16,17). The normalized spacial score (nSPS) is 12.3. The van der Waals surface area contributed by atoms with Crippen molar-refractivity contribution in [1.29, 1.82) is 0 Å². The molecule has 1 aromatic rings. The highest BCUT2D eigenvalue weighted by Gasteiger charge is 2.16. The van der Waals surface area contributed by atoms with Gasteiger partial charge in [0.15, 0.2) is 11.6 Å². The summed E-state index contributed by atoms with van der Waals surface area (Å²) in [6, 6.07) is 4.49. The van der Waals surface area contributed by atoms with Gasteiger partial charge in [-0.25, -0.2) is 9.18 Å². The largest absolute Gasteiger partial charge is 0.487 e. The number of nitrogens with two attached hydrogens (primary N) is 1. The fourth-order valence-electron chi connectivity index (χ4n) is 1.62. The lowest BCUT2D eigenvalue weighted by molar-refractivity contribution is 0.0580. The number of carbonyl (C=O) groups is 1. The summed E-state index contributed by atoms with van der Waals surface area (Å²) in [6.07, 6.45) is -0.743. The number of benzene rings is 1. The van der Waals surface area contributed by atoms with E-state index in [1.165, 1.54) is 12.1 Å². The lowest BCUT2D eigenvalue weighted by Gasteiger charge is -2.19. The fourth-order valence-corrected chi connectivity index (χ4v) is 1.95. The Labute approximate surface area is 120 Å². The minimum absolute atomic E-state index is 0.0691. The molecule has 1 aromatic carbocycles. The van der Waals surface area contributed by atoms with Gasteiger partial charge in [0, 0.05) is 4.47 Å². The van der Waals surface area contributed by atoms with Crippen molar-refractivity contribution in [3.8, 4) is 5.75 Å². The summed E-state index contributed by atoms with van der Waals surface area (Å²) in [5.41, 5.74) is 4.99. The Morgan fingerprint density at radius 1 is 1.47 bits per heavy atom. The van der Waals surface area contributed by atoms with Crippen LogP contribution in [0.1, 0.15) is 20.3 Å².